The Hall–Kier alpha value is -1.20. The lowest BCUT2D eigenvalue weighted by atomic mass is 10.0. The third-order valence-corrected chi connectivity index (χ3v) is 4.16. The molecule has 2 rings (SSSR count). The van der Waals surface area contributed by atoms with E-state index in [9.17, 15) is 0 Å². The predicted molar refractivity (Wildman–Crippen MR) is 80.8 cm³/mol. The number of nitrogens with zero attached hydrogens (tertiary/aromatic N) is 4. The predicted octanol–water partition coefficient (Wildman–Crippen LogP) is 1.54. The highest BCUT2D eigenvalue weighted by Crippen LogP contribution is 2.20. The van der Waals surface area contributed by atoms with Crippen LogP contribution in [0, 0.1) is 0 Å². The lowest BCUT2D eigenvalue weighted by molar-refractivity contribution is 0.203. The van der Waals surface area contributed by atoms with Crippen molar-refractivity contribution in [3.05, 3.63) is 18.3 Å². The highest BCUT2D eigenvalue weighted by molar-refractivity contribution is 5.36. The summed E-state index contributed by atoms with van der Waals surface area (Å²) in [6, 6.07) is 4.53. The fourth-order valence-corrected chi connectivity index (χ4v) is 2.82. The Kier molecular flexibility index (Phi) is 6.21. The van der Waals surface area contributed by atoms with Gasteiger partial charge in [-0.15, -0.1) is 5.10 Å². The van der Waals surface area contributed by atoms with Crippen molar-refractivity contribution in [3.8, 4) is 0 Å². The Morgan fingerprint density at radius 3 is 2.75 bits per heavy atom. The minimum atomic E-state index is 0.324. The zero-order valence-electron chi connectivity index (χ0n) is 12.4. The Labute approximate surface area is 121 Å². The second-order valence-corrected chi connectivity index (χ2v) is 5.55. The minimum absolute atomic E-state index is 0.324. The Bertz CT molecular complexity index is 365. The molecule has 0 aliphatic carbocycles. The van der Waals surface area contributed by atoms with Crippen LogP contribution in [0.2, 0.25) is 0 Å². The number of likely N-dealkylation sites (tertiary alicyclic amines) is 1. The first-order valence-electron chi connectivity index (χ1n) is 7.65. The third-order valence-electron chi connectivity index (χ3n) is 4.16. The second-order valence-electron chi connectivity index (χ2n) is 5.55. The van der Waals surface area contributed by atoms with E-state index in [0.717, 1.165) is 31.7 Å². The first-order chi connectivity index (χ1) is 9.81. The molecule has 1 aromatic rings. The van der Waals surface area contributed by atoms with Crippen LogP contribution in [-0.4, -0.2) is 59.5 Å². The Morgan fingerprint density at radius 1 is 1.30 bits per heavy atom. The number of hydrogen-bond donors (Lipinski definition) is 1. The summed E-state index contributed by atoms with van der Waals surface area (Å²) < 4.78 is 0. The molecule has 0 atom stereocenters. The van der Waals surface area contributed by atoms with Gasteiger partial charge >= 0.3 is 0 Å². The maximum absolute atomic E-state index is 8.78. The van der Waals surface area contributed by atoms with Crippen molar-refractivity contribution in [1.82, 2.24) is 15.1 Å². The van der Waals surface area contributed by atoms with E-state index >= 15 is 0 Å². The van der Waals surface area contributed by atoms with Crippen molar-refractivity contribution in [2.45, 2.75) is 38.1 Å². The lowest BCUT2D eigenvalue weighted by Gasteiger charge is -2.37. The van der Waals surface area contributed by atoms with Gasteiger partial charge in [0.05, 0.1) is 0 Å². The number of unbranched alkanes of at least 4 members (excludes halogenated alkanes) is 2. The number of aromatic nitrogens is 2. The summed E-state index contributed by atoms with van der Waals surface area (Å²) in [5.74, 6) is 0.967. The highest BCUT2D eigenvalue weighted by Gasteiger charge is 2.22. The number of aliphatic hydroxyl groups excluding tert-OH is 1. The average molecular weight is 278 g/mol. The largest absolute Gasteiger partial charge is 0.396 e. The summed E-state index contributed by atoms with van der Waals surface area (Å²) in [4.78, 5) is 4.80. The third kappa shape index (κ3) is 4.42. The topological polar surface area (TPSA) is 52.5 Å². The summed E-state index contributed by atoms with van der Waals surface area (Å²) in [7, 11) is 2.12. The highest BCUT2D eigenvalue weighted by atomic mass is 16.2. The van der Waals surface area contributed by atoms with Crippen LogP contribution in [0.5, 0.6) is 0 Å². The molecular weight excluding hydrogens is 252 g/mol. The molecule has 1 saturated heterocycles. The van der Waals surface area contributed by atoms with Crippen molar-refractivity contribution in [2.24, 2.45) is 0 Å². The van der Waals surface area contributed by atoms with Crippen LogP contribution in [0.25, 0.3) is 0 Å². The van der Waals surface area contributed by atoms with Gasteiger partial charge in [0.1, 0.15) is 0 Å². The Balaban J connectivity index is 1.71. The van der Waals surface area contributed by atoms with Gasteiger partial charge in [-0.05, 0) is 50.8 Å². The van der Waals surface area contributed by atoms with E-state index < -0.39 is 0 Å². The van der Waals surface area contributed by atoms with Crippen LogP contribution in [0.1, 0.15) is 32.1 Å². The van der Waals surface area contributed by atoms with Gasteiger partial charge in [0.25, 0.3) is 0 Å². The molecule has 0 saturated carbocycles. The SMILES string of the molecule is CN(c1cccnn1)C1CCN(CCCCCO)CC1. The molecule has 20 heavy (non-hydrogen) atoms. The van der Waals surface area contributed by atoms with Gasteiger partial charge < -0.3 is 14.9 Å². The Morgan fingerprint density at radius 2 is 2.10 bits per heavy atom. The van der Waals surface area contributed by atoms with Gasteiger partial charge in [0.15, 0.2) is 5.82 Å². The van der Waals surface area contributed by atoms with E-state index in [1.54, 1.807) is 6.20 Å². The van der Waals surface area contributed by atoms with Gasteiger partial charge in [-0.2, -0.15) is 5.10 Å². The molecule has 112 valence electrons. The molecule has 0 radical (unpaired) electrons. The molecule has 1 N–H and O–H groups in total. The molecule has 0 spiro atoms. The van der Waals surface area contributed by atoms with E-state index in [0.29, 0.717) is 12.6 Å². The van der Waals surface area contributed by atoms with Crippen LogP contribution in [0.15, 0.2) is 18.3 Å². The maximum atomic E-state index is 8.78. The van der Waals surface area contributed by atoms with Gasteiger partial charge in [-0.25, -0.2) is 0 Å². The van der Waals surface area contributed by atoms with Crippen LogP contribution in [0.4, 0.5) is 5.82 Å². The van der Waals surface area contributed by atoms with E-state index in [1.165, 1.54) is 25.8 Å². The standard InChI is InChI=1S/C15H26N4O/c1-18(15-6-5-9-16-17-15)14-7-11-19(12-8-14)10-3-2-4-13-20/h5-6,9,14,20H,2-4,7-8,10-13H2,1H3. The number of hydrogen-bond acceptors (Lipinski definition) is 5. The van der Waals surface area contributed by atoms with Crippen LogP contribution >= 0.6 is 0 Å². The van der Waals surface area contributed by atoms with Crippen molar-refractivity contribution in [1.29, 1.82) is 0 Å². The van der Waals surface area contributed by atoms with Crippen LogP contribution in [-0.2, 0) is 0 Å². The van der Waals surface area contributed by atoms with E-state index in [-0.39, 0.29) is 0 Å². The van der Waals surface area contributed by atoms with Gasteiger partial charge in [-0.1, -0.05) is 0 Å². The van der Waals surface area contributed by atoms with Crippen LogP contribution < -0.4 is 4.90 Å². The molecule has 0 aromatic carbocycles. The van der Waals surface area contributed by atoms with Crippen molar-refractivity contribution in [3.63, 3.8) is 0 Å². The second kappa shape index (κ2) is 8.17. The molecule has 1 aliphatic heterocycles. The molecule has 1 aliphatic rings. The molecule has 0 amide bonds. The zero-order valence-corrected chi connectivity index (χ0v) is 12.4. The molecule has 0 bridgehead atoms. The molecule has 5 heteroatoms. The summed E-state index contributed by atoms with van der Waals surface area (Å²) in [6.45, 7) is 3.81. The average Bonchev–Trinajstić information content (AvgIpc) is 2.52. The van der Waals surface area contributed by atoms with Gasteiger partial charge in [-0.3, -0.25) is 0 Å². The summed E-state index contributed by atoms with van der Waals surface area (Å²) in [5.41, 5.74) is 0. The number of rotatable bonds is 7. The fraction of sp³-hybridized carbons (Fsp3) is 0.733. The first kappa shape index (κ1) is 15.2. The minimum Gasteiger partial charge on any atom is -0.396 e. The van der Waals surface area contributed by atoms with E-state index in [1.807, 2.05) is 12.1 Å². The van der Waals surface area contributed by atoms with Crippen LogP contribution in [0.3, 0.4) is 0 Å². The molecule has 1 aromatic heterocycles. The van der Waals surface area contributed by atoms with Crippen molar-refractivity contribution in [2.75, 3.05) is 38.2 Å². The van der Waals surface area contributed by atoms with E-state index in [2.05, 4.69) is 27.0 Å². The molecule has 0 unspecified atom stereocenters. The van der Waals surface area contributed by atoms with Crippen molar-refractivity contribution >= 4 is 5.82 Å². The molecule has 5 nitrogen and oxygen atoms in total. The lowest BCUT2D eigenvalue weighted by Crippen LogP contribution is -2.44. The fourth-order valence-electron chi connectivity index (χ4n) is 2.82. The smallest absolute Gasteiger partial charge is 0.151 e. The van der Waals surface area contributed by atoms with Gasteiger partial charge in [0.2, 0.25) is 0 Å². The quantitative estimate of drug-likeness (QED) is 0.767. The molecule has 2 heterocycles. The molecule has 1 fully saturated rings. The summed E-state index contributed by atoms with van der Waals surface area (Å²) in [5, 5.41) is 16.9. The van der Waals surface area contributed by atoms with Crippen molar-refractivity contribution < 1.29 is 5.11 Å². The number of anilines is 1. The summed E-state index contributed by atoms with van der Waals surface area (Å²) >= 11 is 0. The first-order valence-corrected chi connectivity index (χ1v) is 7.65. The van der Waals surface area contributed by atoms with E-state index in [4.69, 9.17) is 5.11 Å². The normalized spacial score (nSPS) is 17.3. The molecular formula is C15H26N4O. The monoisotopic (exact) mass is 278 g/mol. The number of aliphatic hydroxyl groups is 1. The zero-order chi connectivity index (χ0) is 14.2. The maximum Gasteiger partial charge on any atom is 0.151 e. The van der Waals surface area contributed by atoms with Gasteiger partial charge in [0, 0.05) is 39.0 Å². The summed E-state index contributed by atoms with van der Waals surface area (Å²) in [6.07, 6.45) is 7.36. The number of piperidine rings is 1.